The Labute approximate surface area is 199 Å². The molecule has 0 unspecified atom stereocenters. The second-order valence-corrected chi connectivity index (χ2v) is 9.62. The van der Waals surface area contributed by atoms with Crippen molar-refractivity contribution in [3.8, 4) is 16.9 Å². The van der Waals surface area contributed by atoms with Gasteiger partial charge in [0.2, 0.25) is 0 Å². The summed E-state index contributed by atoms with van der Waals surface area (Å²) in [5.74, 6) is -1.92. The van der Waals surface area contributed by atoms with E-state index in [-0.39, 0.29) is 23.9 Å². The largest absolute Gasteiger partial charge is 0.573 e. The molecule has 0 aliphatic carbocycles. The van der Waals surface area contributed by atoms with Gasteiger partial charge in [0.25, 0.3) is 10.0 Å². The summed E-state index contributed by atoms with van der Waals surface area (Å²) < 4.78 is 73.0. The van der Waals surface area contributed by atoms with Crippen LogP contribution >= 0.6 is 0 Å². The highest BCUT2D eigenvalue weighted by atomic mass is 32.2. The third-order valence-electron chi connectivity index (χ3n) is 5.49. The molecule has 182 valence electrons. The second-order valence-electron chi connectivity index (χ2n) is 7.87. The van der Waals surface area contributed by atoms with Crippen LogP contribution in [0.3, 0.4) is 0 Å². The normalized spacial score (nSPS) is 12.1. The van der Waals surface area contributed by atoms with E-state index in [0.29, 0.717) is 22.1 Å². The number of aryl methyl sites for hydroxylation is 2. The Morgan fingerprint density at radius 1 is 1.00 bits per heavy atom. The molecule has 4 rings (SSSR count). The fourth-order valence-electron chi connectivity index (χ4n) is 4.05. The zero-order valence-corrected chi connectivity index (χ0v) is 19.2. The van der Waals surface area contributed by atoms with Gasteiger partial charge in [-0.05, 0) is 36.1 Å². The zero-order valence-electron chi connectivity index (χ0n) is 18.4. The molecule has 0 aliphatic rings. The molecule has 0 bridgehead atoms. The van der Waals surface area contributed by atoms with Gasteiger partial charge in [-0.2, -0.15) is 0 Å². The van der Waals surface area contributed by atoms with Crippen LogP contribution in [0.5, 0.6) is 5.75 Å². The quantitative estimate of drug-likeness (QED) is 0.346. The fourth-order valence-corrected chi connectivity index (χ4v) is 5.82. The summed E-state index contributed by atoms with van der Waals surface area (Å²) in [5, 5.41) is 9.61. The second kappa shape index (κ2) is 9.10. The van der Waals surface area contributed by atoms with Crippen molar-refractivity contribution >= 4 is 26.9 Å². The average molecular weight is 503 g/mol. The number of aliphatic carboxylic acids is 1. The number of ether oxygens (including phenoxy) is 1. The van der Waals surface area contributed by atoms with Crippen molar-refractivity contribution in [3.05, 3.63) is 84.1 Å². The number of para-hydroxylation sites is 1. The molecule has 0 saturated heterocycles. The lowest BCUT2D eigenvalue weighted by Crippen LogP contribution is -2.21. The lowest BCUT2D eigenvalue weighted by atomic mass is 10.1. The third kappa shape index (κ3) is 4.88. The van der Waals surface area contributed by atoms with Crippen molar-refractivity contribution in [2.75, 3.05) is 0 Å². The van der Waals surface area contributed by atoms with Gasteiger partial charge in [-0.25, -0.2) is 12.4 Å². The number of carboxylic acid groups (broad SMARTS) is 1. The van der Waals surface area contributed by atoms with Gasteiger partial charge >= 0.3 is 12.3 Å². The Morgan fingerprint density at radius 3 is 2.34 bits per heavy atom. The molecule has 3 aromatic carbocycles. The van der Waals surface area contributed by atoms with Crippen LogP contribution in [-0.4, -0.2) is 29.8 Å². The summed E-state index contributed by atoms with van der Waals surface area (Å²) in [6, 6.07) is 16.8. The number of carboxylic acids is 1. The smallest absolute Gasteiger partial charge is 0.481 e. The van der Waals surface area contributed by atoms with Gasteiger partial charge in [0.15, 0.2) is 5.75 Å². The van der Waals surface area contributed by atoms with E-state index in [2.05, 4.69) is 4.74 Å². The molecule has 0 spiro atoms. The van der Waals surface area contributed by atoms with E-state index in [1.165, 1.54) is 18.3 Å². The Morgan fingerprint density at radius 2 is 1.69 bits per heavy atom. The van der Waals surface area contributed by atoms with Crippen LogP contribution in [0.4, 0.5) is 13.2 Å². The lowest BCUT2D eigenvalue weighted by molar-refractivity contribution is -0.275. The fraction of sp³-hybridized carbons (Fsp3) is 0.160. The summed E-state index contributed by atoms with van der Waals surface area (Å²) in [5.41, 5.74) is 1.69. The number of alkyl halides is 3. The van der Waals surface area contributed by atoms with Gasteiger partial charge in [-0.15, -0.1) is 13.2 Å². The van der Waals surface area contributed by atoms with E-state index < -0.39 is 33.0 Å². The SMILES string of the molecule is Cc1cccc2c(CCC(=O)O)cn(S(=O)(=O)c3c(OC(F)(F)F)cccc3-c3ccccc3)c12. The average Bonchev–Trinajstić information content (AvgIpc) is 3.18. The molecular weight excluding hydrogens is 483 g/mol. The van der Waals surface area contributed by atoms with Crippen molar-refractivity contribution in [1.82, 2.24) is 3.97 Å². The van der Waals surface area contributed by atoms with E-state index in [1.807, 2.05) is 0 Å². The molecule has 10 heteroatoms. The van der Waals surface area contributed by atoms with Crippen LogP contribution in [0.1, 0.15) is 17.5 Å². The highest BCUT2D eigenvalue weighted by molar-refractivity contribution is 7.90. The molecule has 0 saturated carbocycles. The molecule has 0 radical (unpaired) electrons. The van der Waals surface area contributed by atoms with Gasteiger partial charge in [-0.3, -0.25) is 4.79 Å². The van der Waals surface area contributed by atoms with Crippen LogP contribution in [0.25, 0.3) is 22.0 Å². The lowest BCUT2D eigenvalue weighted by Gasteiger charge is -2.18. The number of hydrogen-bond acceptors (Lipinski definition) is 4. The van der Waals surface area contributed by atoms with E-state index in [1.54, 1.807) is 55.5 Å². The van der Waals surface area contributed by atoms with Crippen LogP contribution in [0, 0.1) is 6.92 Å². The number of fused-ring (bicyclic) bond motifs is 1. The van der Waals surface area contributed by atoms with Crippen molar-refractivity contribution in [2.45, 2.75) is 31.0 Å². The highest BCUT2D eigenvalue weighted by Crippen LogP contribution is 2.40. The first-order valence-electron chi connectivity index (χ1n) is 10.5. The number of carbonyl (C=O) groups is 1. The zero-order chi connectivity index (χ0) is 25.4. The van der Waals surface area contributed by atoms with Crippen molar-refractivity contribution in [2.24, 2.45) is 0 Å². The minimum atomic E-state index is -5.12. The molecule has 1 heterocycles. The molecule has 1 N–H and O–H groups in total. The number of nitrogens with zero attached hydrogens (tertiary/aromatic N) is 1. The van der Waals surface area contributed by atoms with Gasteiger partial charge in [0.05, 0.1) is 5.52 Å². The maximum Gasteiger partial charge on any atom is 0.573 e. The van der Waals surface area contributed by atoms with E-state index in [4.69, 9.17) is 5.11 Å². The first-order chi connectivity index (χ1) is 16.5. The summed E-state index contributed by atoms with van der Waals surface area (Å²) >= 11 is 0. The summed E-state index contributed by atoms with van der Waals surface area (Å²) in [6.07, 6.45) is -4.05. The molecule has 0 amide bonds. The molecule has 6 nitrogen and oxygen atoms in total. The number of benzene rings is 3. The van der Waals surface area contributed by atoms with Crippen molar-refractivity contribution in [1.29, 1.82) is 0 Å². The first-order valence-corrected chi connectivity index (χ1v) is 11.9. The Hall–Kier alpha value is -3.79. The number of rotatable bonds is 7. The van der Waals surface area contributed by atoms with Gasteiger partial charge in [0.1, 0.15) is 4.90 Å². The van der Waals surface area contributed by atoms with Gasteiger partial charge < -0.3 is 9.84 Å². The molecule has 0 fully saturated rings. The topological polar surface area (TPSA) is 85.6 Å². The maximum absolute atomic E-state index is 14.1. The van der Waals surface area contributed by atoms with Crippen LogP contribution in [0.15, 0.2) is 77.8 Å². The van der Waals surface area contributed by atoms with Crippen LogP contribution in [-0.2, 0) is 21.2 Å². The summed E-state index contributed by atoms with van der Waals surface area (Å²) in [7, 11) is -4.64. The predicted molar refractivity (Wildman–Crippen MR) is 124 cm³/mol. The van der Waals surface area contributed by atoms with Crippen LogP contribution < -0.4 is 4.74 Å². The predicted octanol–water partition coefficient (Wildman–Crippen LogP) is 5.77. The van der Waals surface area contributed by atoms with Crippen molar-refractivity contribution in [3.63, 3.8) is 0 Å². The standard InChI is InChI=1S/C25H20F3NO5S/c1-16-7-5-10-19-18(13-14-22(30)31)15-29(23(16)19)35(32,33)24-20(17-8-3-2-4-9-17)11-6-12-21(24)34-25(26,27)28/h2-12,15H,13-14H2,1H3,(H,30,31). The molecule has 4 aromatic rings. The van der Waals surface area contributed by atoms with E-state index >= 15 is 0 Å². The number of hydrogen-bond donors (Lipinski definition) is 1. The Bertz CT molecular complexity index is 1510. The monoisotopic (exact) mass is 503 g/mol. The van der Waals surface area contributed by atoms with Crippen LogP contribution in [0.2, 0.25) is 0 Å². The van der Waals surface area contributed by atoms with E-state index in [9.17, 15) is 26.4 Å². The van der Waals surface area contributed by atoms with Crippen molar-refractivity contribution < 1.29 is 36.2 Å². The summed E-state index contributed by atoms with van der Waals surface area (Å²) in [4.78, 5) is 10.5. The number of halogens is 3. The highest BCUT2D eigenvalue weighted by Gasteiger charge is 2.36. The third-order valence-corrected chi connectivity index (χ3v) is 7.23. The van der Waals surface area contributed by atoms with Gasteiger partial charge in [0, 0.05) is 23.6 Å². The number of aromatic nitrogens is 1. The summed E-state index contributed by atoms with van der Waals surface area (Å²) in [6.45, 7) is 1.67. The minimum Gasteiger partial charge on any atom is -0.481 e. The molecule has 1 aromatic heterocycles. The molecule has 0 atom stereocenters. The van der Waals surface area contributed by atoms with Gasteiger partial charge in [-0.1, -0.05) is 60.7 Å². The maximum atomic E-state index is 14.1. The minimum absolute atomic E-state index is 0.0369. The molecular formula is C25H20F3NO5S. The van der Waals surface area contributed by atoms with E-state index in [0.717, 1.165) is 10.0 Å². The molecule has 0 aliphatic heterocycles. The Balaban J connectivity index is 2.03. The first kappa shape index (κ1) is 24.3. The Kier molecular flexibility index (Phi) is 6.33. The molecule has 35 heavy (non-hydrogen) atoms.